The number of para-hydroxylation sites is 1. The summed E-state index contributed by atoms with van der Waals surface area (Å²) in [7, 11) is 1.66. The Hall–Kier alpha value is -1.89. The van der Waals surface area contributed by atoms with E-state index in [-0.39, 0.29) is 23.6 Å². The van der Waals surface area contributed by atoms with Gasteiger partial charge in [-0.2, -0.15) is 0 Å². The first-order valence-electron chi connectivity index (χ1n) is 7.35. The Morgan fingerprint density at radius 2 is 1.79 bits per heavy atom. The Labute approximate surface area is 155 Å². The second-order valence-electron chi connectivity index (χ2n) is 4.95. The summed E-state index contributed by atoms with van der Waals surface area (Å²) in [6, 6.07) is 17.7. The average molecular weight is 406 g/mol. The Bertz CT molecular complexity index is 826. The predicted molar refractivity (Wildman–Crippen MR) is 93.0 cm³/mol. The molecular weight excluding hydrogens is 388 g/mol. The minimum atomic E-state index is 0. The van der Waals surface area contributed by atoms with Gasteiger partial charge >= 0.3 is 0 Å². The van der Waals surface area contributed by atoms with Crippen LogP contribution >= 0.6 is 11.3 Å². The maximum absolute atomic E-state index is 9.40. The molecule has 1 heterocycles. The normalized spacial score (nSPS) is 11.2. The molecule has 0 saturated heterocycles. The van der Waals surface area contributed by atoms with E-state index in [2.05, 4.69) is 10.4 Å². The molecule has 0 aliphatic heterocycles. The lowest BCUT2D eigenvalue weighted by molar-refractivity contribution is -0.00000600. The van der Waals surface area contributed by atoms with Gasteiger partial charge in [0.1, 0.15) is 5.75 Å². The van der Waals surface area contributed by atoms with Crippen LogP contribution in [0.1, 0.15) is 0 Å². The van der Waals surface area contributed by atoms with E-state index in [9.17, 15) is 5.11 Å². The van der Waals surface area contributed by atoms with Crippen molar-refractivity contribution in [2.45, 2.75) is 6.54 Å². The van der Waals surface area contributed by atoms with E-state index in [0.29, 0.717) is 6.54 Å². The van der Waals surface area contributed by atoms with Crippen molar-refractivity contribution < 1.29 is 26.8 Å². The van der Waals surface area contributed by atoms with Crippen LogP contribution in [0.25, 0.3) is 11.3 Å². The highest BCUT2D eigenvalue weighted by atomic mass is 79.9. The quantitative estimate of drug-likeness (QED) is 0.669. The van der Waals surface area contributed by atoms with Gasteiger partial charge in [0.2, 0.25) is 0 Å². The van der Waals surface area contributed by atoms with Crippen molar-refractivity contribution in [3.63, 3.8) is 0 Å². The molecule has 1 aromatic heterocycles. The number of aliphatic hydroxyl groups is 1. The Kier molecular flexibility index (Phi) is 6.78. The summed E-state index contributed by atoms with van der Waals surface area (Å²) in [4.78, 5) is 5.56. The first-order chi connectivity index (χ1) is 11.3. The average Bonchev–Trinajstić information content (AvgIpc) is 2.99. The highest BCUT2D eigenvalue weighted by Gasteiger charge is 2.08. The van der Waals surface area contributed by atoms with Crippen molar-refractivity contribution in [1.82, 2.24) is 4.57 Å². The molecule has 0 bridgehead atoms. The minimum Gasteiger partial charge on any atom is -1.00 e. The third kappa shape index (κ3) is 4.14. The van der Waals surface area contributed by atoms with Crippen LogP contribution in [0, 0.1) is 0 Å². The molecule has 6 heteroatoms. The van der Waals surface area contributed by atoms with Gasteiger partial charge in [-0.05, 0) is 42.0 Å². The predicted octanol–water partition coefficient (Wildman–Crippen LogP) is 0.454. The molecule has 126 valence electrons. The maximum Gasteiger partial charge on any atom is 0.190 e. The number of thiazole rings is 1. The molecule has 2 aromatic carbocycles. The fourth-order valence-electron chi connectivity index (χ4n) is 2.34. The largest absolute Gasteiger partial charge is 1.00 e. The number of aromatic nitrogens is 1. The number of hydrogen-bond donors (Lipinski definition) is 1. The summed E-state index contributed by atoms with van der Waals surface area (Å²) < 4.78 is 7.25. The molecule has 0 radical (unpaired) electrons. The lowest BCUT2D eigenvalue weighted by Gasteiger charge is -2.08. The molecule has 0 unspecified atom stereocenters. The second-order valence-corrected chi connectivity index (χ2v) is 5.79. The number of rotatable bonds is 5. The SMILES string of the molecule is COc1ccc(-c2csc(=Nc3ccccc3)n2CCO)cc1.[Br-]. The van der Waals surface area contributed by atoms with E-state index in [1.165, 1.54) is 0 Å². The topological polar surface area (TPSA) is 46.8 Å². The number of hydrogen-bond acceptors (Lipinski definition) is 4. The third-order valence-electron chi connectivity index (χ3n) is 3.49. The number of methoxy groups -OCH3 is 1. The smallest absolute Gasteiger partial charge is 0.190 e. The Morgan fingerprint density at radius 3 is 2.42 bits per heavy atom. The van der Waals surface area contributed by atoms with Crippen molar-refractivity contribution in [3.05, 3.63) is 64.8 Å². The summed E-state index contributed by atoms with van der Waals surface area (Å²) in [5.74, 6) is 0.826. The molecule has 0 fully saturated rings. The molecule has 1 N–H and O–H groups in total. The standard InChI is InChI=1S/C18H18N2O2S.BrH/c1-22-16-9-7-14(8-10-16)17-13-23-18(20(17)11-12-21)19-15-5-3-2-4-6-15;/h2-10,13,21H,11-12H2,1H3;1H/p-1. The van der Waals surface area contributed by atoms with E-state index in [4.69, 9.17) is 4.74 Å². The molecule has 24 heavy (non-hydrogen) atoms. The van der Waals surface area contributed by atoms with E-state index in [0.717, 1.165) is 27.5 Å². The summed E-state index contributed by atoms with van der Waals surface area (Å²) in [6.45, 7) is 0.582. The van der Waals surface area contributed by atoms with Crippen LogP contribution < -0.4 is 26.5 Å². The highest BCUT2D eigenvalue weighted by molar-refractivity contribution is 7.07. The number of ether oxygens (including phenoxy) is 1. The van der Waals surface area contributed by atoms with Crippen LogP contribution in [0.15, 0.2) is 65.0 Å². The van der Waals surface area contributed by atoms with Crippen molar-refractivity contribution in [3.8, 4) is 17.0 Å². The van der Waals surface area contributed by atoms with Crippen LogP contribution in [0.5, 0.6) is 5.75 Å². The van der Waals surface area contributed by atoms with Crippen LogP contribution in [-0.4, -0.2) is 23.4 Å². The van der Waals surface area contributed by atoms with Crippen LogP contribution in [-0.2, 0) is 6.54 Å². The molecule has 3 aromatic rings. The van der Waals surface area contributed by atoms with E-state index >= 15 is 0 Å². The molecule has 0 atom stereocenters. The Morgan fingerprint density at radius 1 is 1.08 bits per heavy atom. The van der Waals surface area contributed by atoms with Gasteiger partial charge in [0.05, 0.1) is 25.1 Å². The monoisotopic (exact) mass is 405 g/mol. The molecule has 3 rings (SSSR count). The van der Waals surface area contributed by atoms with E-state index in [1.807, 2.05) is 59.2 Å². The Balaban J connectivity index is 0.00000208. The van der Waals surface area contributed by atoms with Gasteiger partial charge in [-0.15, -0.1) is 11.3 Å². The van der Waals surface area contributed by atoms with E-state index in [1.54, 1.807) is 18.4 Å². The molecule has 0 saturated carbocycles. The molecule has 0 spiro atoms. The van der Waals surface area contributed by atoms with Gasteiger partial charge in [0.25, 0.3) is 0 Å². The third-order valence-corrected chi connectivity index (χ3v) is 4.35. The fourth-order valence-corrected chi connectivity index (χ4v) is 3.30. The first-order valence-corrected chi connectivity index (χ1v) is 8.23. The maximum atomic E-state index is 9.40. The zero-order valence-corrected chi connectivity index (χ0v) is 15.6. The number of aliphatic hydroxyl groups excluding tert-OH is 1. The highest BCUT2D eigenvalue weighted by Crippen LogP contribution is 2.23. The summed E-state index contributed by atoms with van der Waals surface area (Å²) in [5.41, 5.74) is 3.02. The van der Waals surface area contributed by atoms with Gasteiger partial charge in [-0.25, -0.2) is 4.99 Å². The van der Waals surface area contributed by atoms with Gasteiger partial charge in [-0.1, -0.05) is 18.2 Å². The van der Waals surface area contributed by atoms with E-state index < -0.39 is 0 Å². The van der Waals surface area contributed by atoms with Crippen molar-refractivity contribution >= 4 is 17.0 Å². The van der Waals surface area contributed by atoms with Crippen LogP contribution in [0.3, 0.4) is 0 Å². The molecule has 0 aliphatic rings. The second kappa shape index (κ2) is 8.82. The summed E-state index contributed by atoms with van der Waals surface area (Å²) >= 11 is 1.57. The first kappa shape index (κ1) is 18.4. The number of benzene rings is 2. The number of halogens is 1. The van der Waals surface area contributed by atoms with Crippen LogP contribution in [0.4, 0.5) is 5.69 Å². The molecule has 0 aliphatic carbocycles. The van der Waals surface area contributed by atoms with Crippen molar-refractivity contribution in [2.24, 2.45) is 4.99 Å². The van der Waals surface area contributed by atoms with Gasteiger partial charge in [0, 0.05) is 11.9 Å². The summed E-state index contributed by atoms with van der Waals surface area (Å²) in [5, 5.41) is 11.5. The number of nitrogens with zero attached hydrogens (tertiary/aromatic N) is 2. The molecule has 4 nitrogen and oxygen atoms in total. The lowest BCUT2D eigenvalue weighted by atomic mass is 10.1. The lowest BCUT2D eigenvalue weighted by Crippen LogP contribution is -3.00. The minimum absolute atomic E-state index is 0. The molecular formula is C18H18BrN2O2S-. The van der Waals surface area contributed by atoms with Gasteiger partial charge < -0.3 is 31.4 Å². The fraction of sp³-hybridized carbons (Fsp3) is 0.167. The van der Waals surface area contributed by atoms with Gasteiger partial charge in [0.15, 0.2) is 4.80 Å². The zero-order chi connectivity index (χ0) is 16.1. The van der Waals surface area contributed by atoms with Crippen molar-refractivity contribution in [1.29, 1.82) is 0 Å². The molecule has 0 amide bonds. The van der Waals surface area contributed by atoms with Crippen molar-refractivity contribution in [2.75, 3.05) is 13.7 Å². The van der Waals surface area contributed by atoms with Crippen LogP contribution in [0.2, 0.25) is 0 Å². The van der Waals surface area contributed by atoms with Gasteiger partial charge in [-0.3, -0.25) is 0 Å². The zero-order valence-electron chi connectivity index (χ0n) is 13.2. The summed E-state index contributed by atoms with van der Waals surface area (Å²) in [6.07, 6.45) is 0.